The summed E-state index contributed by atoms with van der Waals surface area (Å²) in [5, 5.41) is -0.546. The normalized spacial score (nSPS) is 14.6. The lowest BCUT2D eigenvalue weighted by molar-refractivity contribution is -0.139. The molecule has 7 heteroatoms. The summed E-state index contributed by atoms with van der Waals surface area (Å²) in [5.74, 6) is 0.199. The molecule has 1 rings (SSSR count). The zero-order valence-corrected chi connectivity index (χ0v) is 17.0. The van der Waals surface area contributed by atoms with Crippen molar-refractivity contribution in [2.24, 2.45) is 0 Å². The molecule has 1 amide bonds. The fraction of sp³-hybridized carbons (Fsp3) is 0.529. The Labute approximate surface area is 157 Å². The van der Waals surface area contributed by atoms with Crippen molar-refractivity contribution >= 4 is 47.0 Å². The van der Waals surface area contributed by atoms with E-state index in [0.29, 0.717) is 5.88 Å². The van der Waals surface area contributed by atoms with Gasteiger partial charge < -0.3 is 9.64 Å². The van der Waals surface area contributed by atoms with E-state index in [4.69, 9.17) is 16.3 Å². The highest BCUT2D eigenvalue weighted by Gasteiger charge is 2.26. The van der Waals surface area contributed by atoms with Crippen LogP contribution in [0.15, 0.2) is 24.3 Å². The second-order valence-corrected chi connectivity index (χ2v) is 8.99. The Kier molecular flexibility index (Phi) is 9.02. The summed E-state index contributed by atoms with van der Waals surface area (Å²) in [4.78, 5) is 25.6. The Morgan fingerprint density at radius 1 is 1.21 bits per heavy atom. The van der Waals surface area contributed by atoms with Crippen molar-refractivity contribution in [1.82, 2.24) is 4.90 Å². The highest BCUT2D eigenvalue weighted by Crippen LogP contribution is 2.44. The minimum atomic E-state index is -0.325. The minimum absolute atomic E-state index is 0.0461. The monoisotopic (exact) mass is 389 g/mol. The number of carbonyl (C=O) groups is 2. The summed E-state index contributed by atoms with van der Waals surface area (Å²) in [5.41, 5.74) is 2.05. The molecule has 1 aromatic carbocycles. The lowest BCUT2D eigenvalue weighted by atomic mass is 10.2. The number of benzene rings is 1. The maximum Gasteiger partial charge on any atom is 0.318 e. The van der Waals surface area contributed by atoms with Gasteiger partial charge in [0.05, 0.1) is 16.9 Å². The zero-order valence-electron chi connectivity index (χ0n) is 14.6. The molecule has 1 aromatic rings. The largest absolute Gasteiger partial charge is 0.468 e. The Hall–Kier alpha value is -0.850. The summed E-state index contributed by atoms with van der Waals surface area (Å²) in [6.07, 6.45) is 0. The SMILES string of the molecule is COC(=O)C(C)SC(SC(C)C(=O)N(C)C)c1cccc(CCl)c1. The van der Waals surface area contributed by atoms with Gasteiger partial charge in [0, 0.05) is 20.0 Å². The molecule has 0 aliphatic carbocycles. The van der Waals surface area contributed by atoms with Crippen LogP contribution in [-0.4, -0.2) is 48.5 Å². The molecule has 4 nitrogen and oxygen atoms in total. The third-order valence-corrected chi connectivity index (χ3v) is 6.58. The number of amides is 1. The molecule has 0 bridgehead atoms. The van der Waals surface area contributed by atoms with Crippen molar-refractivity contribution in [3.05, 3.63) is 35.4 Å². The number of ether oxygens (including phenoxy) is 1. The second kappa shape index (κ2) is 10.2. The first kappa shape index (κ1) is 21.2. The van der Waals surface area contributed by atoms with Crippen LogP contribution in [0.2, 0.25) is 0 Å². The van der Waals surface area contributed by atoms with Crippen LogP contribution in [0.4, 0.5) is 0 Å². The molecule has 0 aromatic heterocycles. The Balaban J connectivity index is 3.02. The van der Waals surface area contributed by atoms with E-state index >= 15 is 0 Å². The van der Waals surface area contributed by atoms with Crippen molar-refractivity contribution in [2.45, 2.75) is 34.8 Å². The first-order valence-electron chi connectivity index (χ1n) is 7.54. The van der Waals surface area contributed by atoms with E-state index in [1.165, 1.54) is 30.6 Å². The van der Waals surface area contributed by atoms with E-state index in [0.717, 1.165) is 11.1 Å². The standard InChI is InChI=1S/C17H24ClNO3S2/c1-11(15(20)19(3)4)23-17(24-12(2)16(21)22-5)14-8-6-7-13(9-14)10-18/h6-9,11-12,17H,10H2,1-5H3. The van der Waals surface area contributed by atoms with Gasteiger partial charge in [0.15, 0.2) is 0 Å². The maximum absolute atomic E-state index is 12.2. The molecule has 134 valence electrons. The van der Waals surface area contributed by atoms with Gasteiger partial charge in [-0.1, -0.05) is 24.3 Å². The van der Waals surface area contributed by atoms with Gasteiger partial charge in [-0.15, -0.1) is 35.1 Å². The van der Waals surface area contributed by atoms with Crippen LogP contribution in [0.25, 0.3) is 0 Å². The number of nitrogens with zero attached hydrogens (tertiary/aromatic N) is 1. The molecule has 0 saturated carbocycles. The molecule has 0 fully saturated rings. The van der Waals surface area contributed by atoms with Crippen LogP contribution >= 0.6 is 35.1 Å². The number of carbonyl (C=O) groups excluding carboxylic acids is 2. The van der Waals surface area contributed by atoms with Gasteiger partial charge in [-0.25, -0.2) is 0 Å². The first-order valence-corrected chi connectivity index (χ1v) is 9.96. The van der Waals surface area contributed by atoms with Crippen LogP contribution in [0.5, 0.6) is 0 Å². The molecule has 0 N–H and O–H groups in total. The third-order valence-electron chi connectivity index (χ3n) is 3.35. The molecule has 0 spiro atoms. The predicted octanol–water partition coefficient (Wildman–Crippen LogP) is 3.93. The summed E-state index contributed by atoms with van der Waals surface area (Å²) in [6.45, 7) is 3.70. The van der Waals surface area contributed by atoms with Gasteiger partial charge in [-0.2, -0.15) is 0 Å². The fourth-order valence-corrected chi connectivity index (χ4v) is 5.33. The van der Waals surface area contributed by atoms with E-state index in [1.807, 2.05) is 38.1 Å². The highest BCUT2D eigenvalue weighted by molar-refractivity contribution is 8.17. The second-order valence-electron chi connectivity index (χ2n) is 5.52. The van der Waals surface area contributed by atoms with Gasteiger partial charge in [-0.05, 0) is 25.0 Å². The molecular formula is C17H24ClNO3S2. The summed E-state index contributed by atoms with van der Waals surface area (Å²) in [6, 6.07) is 7.93. The van der Waals surface area contributed by atoms with E-state index < -0.39 is 0 Å². The van der Waals surface area contributed by atoms with Crippen LogP contribution in [-0.2, 0) is 20.2 Å². The van der Waals surface area contributed by atoms with Gasteiger partial charge in [0.25, 0.3) is 0 Å². The van der Waals surface area contributed by atoms with Crippen molar-refractivity contribution in [2.75, 3.05) is 21.2 Å². The molecule has 24 heavy (non-hydrogen) atoms. The van der Waals surface area contributed by atoms with Crippen LogP contribution in [0.1, 0.15) is 29.6 Å². The van der Waals surface area contributed by atoms with Gasteiger partial charge >= 0.3 is 5.97 Å². The van der Waals surface area contributed by atoms with Gasteiger partial charge in [-0.3, -0.25) is 9.59 Å². The van der Waals surface area contributed by atoms with E-state index in [9.17, 15) is 9.59 Å². The maximum atomic E-state index is 12.2. The average Bonchev–Trinajstić information content (AvgIpc) is 2.59. The molecule has 0 heterocycles. The number of esters is 1. The molecule has 0 aliphatic rings. The molecule has 0 aliphatic heterocycles. The molecule has 3 atom stereocenters. The predicted molar refractivity (Wildman–Crippen MR) is 104 cm³/mol. The minimum Gasteiger partial charge on any atom is -0.468 e. The molecule has 3 unspecified atom stereocenters. The quantitative estimate of drug-likeness (QED) is 0.383. The number of thioether (sulfide) groups is 2. The average molecular weight is 390 g/mol. The van der Waals surface area contributed by atoms with Crippen molar-refractivity contribution < 1.29 is 14.3 Å². The molecule has 0 radical (unpaired) electrons. The third kappa shape index (κ3) is 6.22. The number of hydrogen-bond donors (Lipinski definition) is 0. The van der Waals surface area contributed by atoms with Crippen molar-refractivity contribution in [1.29, 1.82) is 0 Å². The zero-order chi connectivity index (χ0) is 18.3. The highest BCUT2D eigenvalue weighted by atomic mass is 35.5. The number of alkyl halides is 1. The molecule has 0 saturated heterocycles. The van der Waals surface area contributed by atoms with E-state index in [-0.39, 0.29) is 27.0 Å². The van der Waals surface area contributed by atoms with Crippen LogP contribution in [0, 0.1) is 0 Å². The lowest BCUT2D eigenvalue weighted by Crippen LogP contribution is -2.30. The van der Waals surface area contributed by atoms with E-state index in [1.54, 1.807) is 19.0 Å². The molecular weight excluding hydrogens is 366 g/mol. The number of methoxy groups -OCH3 is 1. The summed E-state index contributed by atoms with van der Waals surface area (Å²) >= 11 is 8.94. The van der Waals surface area contributed by atoms with Gasteiger partial charge in [0.2, 0.25) is 5.91 Å². The number of halogens is 1. The summed E-state index contributed by atoms with van der Waals surface area (Å²) in [7, 11) is 4.87. The van der Waals surface area contributed by atoms with Crippen molar-refractivity contribution in [3.8, 4) is 0 Å². The lowest BCUT2D eigenvalue weighted by Gasteiger charge is -2.24. The topological polar surface area (TPSA) is 46.6 Å². The Morgan fingerprint density at radius 3 is 2.38 bits per heavy atom. The number of hydrogen-bond acceptors (Lipinski definition) is 5. The fourth-order valence-electron chi connectivity index (χ4n) is 2.03. The first-order chi connectivity index (χ1) is 11.3. The van der Waals surface area contributed by atoms with Crippen LogP contribution < -0.4 is 0 Å². The van der Waals surface area contributed by atoms with Crippen molar-refractivity contribution in [3.63, 3.8) is 0 Å². The Morgan fingerprint density at radius 2 is 1.83 bits per heavy atom. The summed E-state index contributed by atoms with van der Waals surface area (Å²) < 4.78 is 4.75. The van der Waals surface area contributed by atoms with E-state index in [2.05, 4.69) is 0 Å². The van der Waals surface area contributed by atoms with Crippen LogP contribution in [0.3, 0.4) is 0 Å². The Bertz CT molecular complexity index is 569. The van der Waals surface area contributed by atoms with Gasteiger partial charge in [0.1, 0.15) is 5.25 Å². The number of rotatable bonds is 8. The smallest absolute Gasteiger partial charge is 0.318 e.